The first-order valence-corrected chi connectivity index (χ1v) is 8.21. The maximum absolute atomic E-state index is 13.2. The van der Waals surface area contributed by atoms with Gasteiger partial charge in [0.2, 0.25) is 0 Å². The molecule has 0 saturated heterocycles. The van der Waals surface area contributed by atoms with Gasteiger partial charge in [0, 0.05) is 31.4 Å². The minimum absolute atomic E-state index is 0.162. The number of nitrogens with zero attached hydrogens (tertiary/aromatic N) is 4. The van der Waals surface area contributed by atoms with Crippen LogP contribution >= 0.6 is 15.9 Å². The van der Waals surface area contributed by atoms with Gasteiger partial charge < -0.3 is 4.90 Å². The third-order valence-corrected chi connectivity index (χ3v) is 4.20. The highest BCUT2D eigenvalue weighted by Gasteiger charge is 2.36. The molecule has 2 aromatic rings. The molecule has 138 valence electrons. The van der Waals surface area contributed by atoms with Crippen LogP contribution in [0.4, 0.5) is 35.9 Å². The Morgan fingerprint density at radius 1 is 1.19 bits per heavy atom. The molecule has 0 aliphatic heterocycles. The third kappa shape index (κ3) is 4.57. The van der Waals surface area contributed by atoms with Crippen molar-refractivity contribution in [1.29, 1.82) is 0 Å². The standard InChI is InChI=1S/C16H14BrF3N4O2/c1-3-23(2)11-6-4-10(5-7-11)21-22-15-13(16(18,19)20)8-12(24(25)26)9-14(15)17/h4-9H,3H2,1-2H3. The Labute approximate surface area is 155 Å². The Kier molecular flexibility index (Phi) is 5.96. The zero-order valence-corrected chi connectivity index (χ0v) is 15.4. The van der Waals surface area contributed by atoms with Gasteiger partial charge in [-0.2, -0.15) is 18.3 Å². The Morgan fingerprint density at radius 2 is 1.81 bits per heavy atom. The third-order valence-electron chi connectivity index (χ3n) is 3.59. The van der Waals surface area contributed by atoms with Gasteiger partial charge in [0.05, 0.1) is 20.6 Å². The lowest BCUT2D eigenvalue weighted by molar-refractivity contribution is -0.385. The van der Waals surface area contributed by atoms with Crippen molar-refractivity contribution in [3.05, 3.63) is 56.5 Å². The number of anilines is 1. The molecule has 2 rings (SSSR count). The van der Waals surface area contributed by atoms with Gasteiger partial charge in [-0.05, 0) is 47.1 Å². The summed E-state index contributed by atoms with van der Waals surface area (Å²) in [6.45, 7) is 2.78. The van der Waals surface area contributed by atoms with Crippen molar-refractivity contribution >= 4 is 38.7 Å². The van der Waals surface area contributed by atoms with E-state index in [1.807, 2.05) is 18.9 Å². The molecule has 0 bridgehead atoms. The molecule has 0 spiro atoms. The van der Waals surface area contributed by atoms with Crippen molar-refractivity contribution in [2.45, 2.75) is 13.1 Å². The molecule has 6 nitrogen and oxygen atoms in total. The molecule has 0 aromatic heterocycles. The van der Waals surface area contributed by atoms with E-state index < -0.39 is 28.0 Å². The van der Waals surface area contributed by atoms with E-state index in [1.165, 1.54) is 0 Å². The molecule has 0 heterocycles. The van der Waals surface area contributed by atoms with E-state index in [1.54, 1.807) is 24.3 Å². The zero-order chi connectivity index (χ0) is 19.5. The van der Waals surface area contributed by atoms with E-state index in [0.717, 1.165) is 18.3 Å². The Bertz CT molecular complexity index is 839. The summed E-state index contributed by atoms with van der Waals surface area (Å²) in [7, 11) is 1.90. The molecule has 10 heteroatoms. The normalized spacial score (nSPS) is 11.8. The quantitative estimate of drug-likeness (QED) is 0.319. The molecular formula is C16H14BrF3N4O2. The lowest BCUT2D eigenvalue weighted by Gasteiger charge is -2.16. The van der Waals surface area contributed by atoms with Crippen LogP contribution in [0.5, 0.6) is 0 Å². The van der Waals surface area contributed by atoms with Gasteiger partial charge in [-0.15, -0.1) is 5.11 Å². The number of hydrogen-bond acceptors (Lipinski definition) is 5. The van der Waals surface area contributed by atoms with Crippen LogP contribution < -0.4 is 4.90 Å². The van der Waals surface area contributed by atoms with E-state index in [9.17, 15) is 23.3 Å². The van der Waals surface area contributed by atoms with E-state index >= 15 is 0 Å². The summed E-state index contributed by atoms with van der Waals surface area (Å²) in [6.07, 6.45) is -4.81. The molecule has 0 aliphatic rings. The Morgan fingerprint density at radius 3 is 2.31 bits per heavy atom. The number of hydrogen-bond donors (Lipinski definition) is 0. The largest absolute Gasteiger partial charge is 0.418 e. The number of nitro groups is 1. The van der Waals surface area contributed by atoms with Crippen LogP contribution in [0.25, 0.3) is 0 Å². The lowest BCUT2D eigenvalue weighted by atomic mass is 10.1. The van der Waals surface area contributed by atoms with E-state index in [0.29, 0.717) is 11.8 Å². The molecule has 0 amide bonds. The summed E-state index contributed by atoms with van der Waals surface area (Å²) in [5, 5.41) is 18.3. The summed E-state index contributed by atoms with van der Waals surface area (Å²) in [6, 6.07) is 8.19. The average Bonchev–Trinajstić information content (AvgIpc) is 2.58. The van der Waals surface area contributed by atoms with E-state index in [2.05, 4.69) is 26.2 Å². The average molecular weight is 431 g/mol. The highest BCUT2D eigenvalue weighted by Crippen LogP contribution is 2.43. The van der Waals surface area contributed by atoms with Gasteiger partial charge in [-0.1, -0.05) is 0 Å². The van der Waals surface area contributed by atoms with Crippen LogP contribution in [-0.4, -0.2) is 18.5 Å². The molecule has 0 fully saturated rings. The van der Waals surface area contributed by atoms with Crippen molar-refractivity contribution < 1.29 is 18.1 Å². The van der Waals surface area contributed by atoms with Crippen molar-refractivity contribution in [3.8, 4) is 0 Å². The monoisotopic (exact) mass is 430 g/mol. The predicted octanol–water partition coefficient (Wildman–Crippen LogP) is 6.25. The zero-order valence-electron chi connectivity index (χ0n) is 13.8. The molecule has 0 saturated carbocycles. The predicted molar refractivity (Wildman–Crippen MR) is 95.4 cm³/mol. The first-order chi connectivity index (χ1) is 12.1. The summed E-state index contributed by atoms with van der Waals surface area (Å²) in [5.74, 6) is 0. The second kappa shape index (κ2) is 7.81. The molecule has 0 radical (unpaired) electrons. The summed E-state index contributed by atoms with van der Waals surface area (Å²) in [5.41, 5.74) is -1.15. The molecule has 26 heavy (non-hydrogen) atoms. The molecule has 0 aliphatic carbocycles. The molecule has 0 N–H and O–H groups in total. The minimum Gasteiger partial charge on any atom is -0.375 e. The molecule has 0 unspecified atom stereocenters. The van der Waals surface area contributed by atoms with Crippen LogP contribution in [0, 0.1) is 10.1 Å². The first-order valence-electron chi connectivity index (χ1n) is 7.41. The van der Waals surface area contributed by atoms with Crippen LogP contribution in [0.15, 0.2) is 51.1 Å². The SMILES string of the molecule is CCN(C)c1ccc(N=Nc2c(Br)cc([N+](=O)[O-])cc2C(F)(F)F)cc1. The topological polar surface area (TPSA) is 71.1 Å². The fourth-order valence-electron chi connectivity index (χ4n) is 2.07. The number of rotatable bonds is 5. The van der Waals surface area contributed by atoms with Gasteiger partial charge in [-0.3, -0.25) is 10.1 Å². The van der Waals surface area contributed by atoms with Crippen molar-refractivity contribution in [2.24, 2.45) is 10.2 Å². The number of benzene rings is 2. The smallest absolute Gasteiger partial charge is 0.375 e. The van der Waals surface area contributed by atoms with Crippen LogP contribution in [0.2, 0.25) is 0 Å². The van der Waals surface area contributed by atoms with Gasteiger partial charge >= 0.3 is 6.18 Å². The number of alkyl halides is 3. The summed E-state index contributed by atoms with van der Waals surface area (Å²) >= 11 is 2.91. The van der Waals surface area contributed by atoms with Crippen LogP contribution in [0.3, 0.4) is 0 Å². The molecule has 2 aromatic carbocycles. The number of azo groups is 1. The number of nitro benzene ring substituents is 1. The summed E-state index contributed by atoms with van der Waals surface area (Å²) < 4.78 is 39.5. The Balaban J connectivity index is 2.42. The number of non-ortho nitro benzene ring substituents is 1. The van der Waals surface area contributed by atoms with Crippen LogP contribution in [0.1, 0.15) is 12.5 Å². The highest BCUT2D eigenvalue weighted by molar-refractivity contribution is 9.10. The maximum atomic E-state index is 13.2. The van der Waals surface area contributed by atoms with Crippen molar-refractivity contribution in [1.82, 2.24) is 0 Å². The van der Waals surface area contributed by atoms with Crippen molar-refractivity contribution in [2.75, 3.05) is 18.5 Å². The molecular weight excluding hydrogens is 417 g/mol. The van der Waals surface area contributed by atoms with Gasteiger partial charge in [-0.25, -0.2) is 0 Å². The Hall–Kier alpha value is -2.49. The maximum Gasteiger partial charge on any atom is 0.418 e. The summed E-state index contributed by atoms with van der Waals surface area (Å²) in [4.78, 5) is 11.9. The fourth-order valence-corrected chi connectivity index (χ4v) is 2.60. The molecule has 0 atom stereocenters. The first kappa shape index (κ1) is 19.8. The lowest BCUT2D eigenvalue weighted by Crippen LogP contribution is -2.15. The number of halogens is 4. The van der Waals surface area contributed by atoms with Gasteiger partial charge in [0.1, 0.15) is 5.69 Å². The van der Waals surface area contributed by atoms with Crippen LogP contribution in [-0.2, 0) is 6.18 Å². The second-order valence-electron chi connectivity index (χ2n) is 5.31. The van der Waals surface area contributed by atoms with Gasteiger partial charge in [0.15, 0.2) is 0 Å². The minimum atomic E-state index is -4.81. The van der Waals surface area contributed by atoms with Crippen molar-refractivity contribution in [3.63, 3.8) is 0 Å². The fraction of sp³-hybridized carbons (Fsp3) is 0.250. The van der Waals surface area contributed by atoms with E-state index in [4.69, 9.17) is 0 Å². The highest BCUT2D eigenvalue weighted by atomic mass is 79.9. The van der Waals surface area contributed by atoms with Gasteiger partial charge in [0.25, 0.3) is 5.69 Å². The van der Waals surface area contributed by atoms with E-state index in [-0.39, 0.29) is 4.47 Å². The second-order valence-corrected chi connectivity index (χ2v) is 6.16.